The van der Waals surface area contributed by atoms with Crippen LogP contribution in [0, 0.1) is 11.8 Å². The molecule has 1 aliphatic carbocycles. The molecule has 3 rings (SSSR count). The number of aliphatic hydroxyl groups excluding tert-OH is 1. The molecule has 0 aromatic carbocycles. The van der Waals surface area contributed by atoms with Crippen LogP contribution in [0.4, 0.5) is 4.79 Å². The largest absolute Gasteiger partial charge is 0.393 e. The van der Waals surface area contributed by atoms with E-state index in [-0.39, 0.29) is 23.2 Å². The highest BCUT2D eigenvalue weighted by Crippen LogP contribution is 2.38. The predicted octanol–water partition coefficient (Wildman–Crippen LogP) is 0.775. The van der Waals surface area contributed by atoms with Crippen LogP contribution in [0.2, 0.25) is 0 Å². The lowest BCUT2D eigenvalue weighted by atomic mass is 10.00. The Hall–Kier alpha value is -0.750. The minimum Gasteiger partial charge on any atom is -0.393 e. The number of likely N-dealkylation sites (tertiary alicyclic amines) is 1. The first kappa shape index (κ1) is 13.2. The third kappa shape index (κ3) is 2.60. The first-order chi connectivity index (χ1) is 9.15. The van der Waals surface area contributed by atoms with E-state index in [9.17, 15) is 14.7 Å². The normalized spacial score (nSPS) is 34.2. The summed E-state index contributed by atoms with van der Waals surface area (Å²) in [5.74, 6) is 1.75. The van der Waals surface area contributed by atoms with Crippen LogP contribution in [0.25, 0.3) is 0 Å². The fraction of sp³-hybridized carbons (Fsp3) is 0.846. The first-order valence-corrected chi connectivity index (χ1v) is 8.01. The van der Waals surface area contributed by atoms with E-state index in [1.54, 1.807) is 4.90 Å². The smallest absolute Gasteiger partial charge is 0.281 e. The van der Waals surface area contributed by atoms with Gasteiger partial charge in [0.1, 0.15) is 0 Å². The number of carbonyl (C=O) groups excluding carboxylic acids is 2. The Bertz CT molecular complexity index is 390. The van der Waals surface area contributed by atoms with E-state index in [0.717, 1.165) is 31.7 Å². The van der Waals surface area contributed by atoms with Crippen molar-refractivity contribution in [3.05, 3.63) is 0 Å². The second kappa shape index (κ2) is 5.32. The van der Waals surface area contributed by atoms with Crippen LogP contribution in [-0.4, -0.2) is 64.1 Å². The first-order valence-electron chi connectivity index (χ1n) is 7.02. The van der Waals surface area contributed by atoms with Crippen molar-refractivity contribution in [1.29, 1.82) is 0 Å². The summed E-state index contributed by atoms with van der Waals surface area (Å²) < 4.78 is 0. The number of carbonyl (C=O) groups is 2. The lowest BCUT2D eigenvalue weighted by Crippen LogP contribution is -2.34. The number of thioether (sulfide) groups is 1. The van der Waals surface area contributed by atoms with Gasteiger partial charge in [-0.3, -0.25) is 9.59 Å². The summed E-state index contributed by atoms with van der Waals surface area (Å²) in [5.41, 5.74) is 0. The minimum atomic E-state index is -0.223. The monoisotopic (exact) mass is 284 g/mol. The molecule has 19 heavy (non-hydrogen) atoms. The molecule has 2 aliphatic heterocycles. The Kier molecular flexibility index (Phi) is 3.71. The third-order valence-electron chi connectivity index (χ3n) is 4.61. The minimum absolute atomic E-state index is 0.0986. The summed E-state index contributed by atoms with van der Waals surface area (Å²) >= 11 is 1.33. The van der Waals surface area contributed by atoms with E-state index in [1.165, 1.54) is 11.8 Å². The second-order valence-corrected chi connectivity index (χ2v) is 6.76. The molecule has 2 amide bonds. The van der Waals surface area contributed by atoms with Crippen LogP contribution in [-0.2, 0) is 4.79 Å². The molecule has 5 nitrogen and oxygen atoms in total. The molecule has 106 valence electrons. The molecule has 1 saturated carbocycles. The van der Waals surface area contributed by atoms with Gasteiger partial charge in [0.25, 0.3) is 5.24 Å². The van der Waals surface area contributed by atoms with Gasteiger partial charge in [0.05, 0.1) is 6.10 Å². The van der Waals surface area contributed by atoms with Gasteiger partial charge in [-0.2, -0.15) is 0 Å². The summed E-state index contributed by atoms with van der Waals surface area (Å²) in [6.07, 6.45) is 2.12. The highest BCUT2D eigenvalue weighted by molar-refractivity contribution is 8.13. The van der Waals surface area contributed by atoms with E-state index in [0.29, 0.717) is 25.4 Å². The fourth-order valence-corrected chi connectivity index (χ4v) is 4.31. The number of nitrogens with zero attached hydrogens (tertiary/aromatic N) is 2. The van der Waals surface area contributed by atoms with Gasteiger partial charge < -0.3 is 14.9 Å². The average Bonchev–Trinajstić information content (AvgIpc) is 3.05. The predicted molar refractivity (Wildman–Crippen MR) is 72.8 cm³/mol. The zero-order valence-corrected chi connectivity index (χ0v) is 11.8. The summed E-state index contributed by atoms with van der Waals surface area (Å²) in [7, 11) is 0. The summed E-state index contributed by atoms with van der Waals surface area (Å²) in [6, 6.07) is 0. The maximum atomic E-state index is 12.1. The number of fused-ring (bicyclic) bond motifs is 1. The van der Waals surface area contributed by atoms with Gasteiger partial charge >= 0.3 is 0 Å². The Morgan fingerprint density at radius 3 is 2.89 bits per heavy atom. The lowest BCUT2D eigenvalue weighted by Gasteiger charge is -2.20. The van der Waals surface area contributed by atoms with Crippen LogP contribution in [0.3, 0.4) is 0 Å². The number of aliphatic hydroxyl groups is 1. The number of rotatable bonds is 3. The van der Waals surface area contributed by atoms with E-state index in [2.05, 4.69) is 0 Å². The molecular weight excluding hydrogens is 264 g/mol. The van der Waals surface area contributed by atoms with Gasteiger partial charge in [0.2, 0.25) is 5.91 Å². The van der Waals surface area contributed by atoms with Crippen molar-refractivity contribution in [1.82, 2.24) is 9.80 Å². The molecule has 1 N–H and O–H groups in total. The van der Waals surface area contributed by atoms with Crippen molar-refractivity contribution in [2.24, 2.45) is 11.8 Å². The summed E-state index contributed by atoms with van der Waals surface area (Å²) in [6.45, 7) is 2.80. The van der Waals surface area contributed by atoms with Crippen molar-refractivity contribution >= 4 is 22.9 Å². The van der Waals surface area contributed by atoms with Crippen molar-refractivity contribution in [2.45, 2.75) is 25.4 Å². The molecule has 3 unspecified atom stereocenters. The van der Waals surface area contributed by atoms with Gasteiger partial charge in [0.15, 0.2) is 0 Å². The van der Waals surface area contributed by atoms with Gasteiger partial charge in [-0.25, -0.2) is 0 Å². The maximum Gasteiger partial charge on any atom is 0.281 e. The van der Waals surface area contributed by atoms with E-state index in [4.69, 9.17) is 0 Å². The van der Waals surface area contributed by atoms with Crippen molar-refractivity contribution in [3.8, 4) is 0 Å². The molecule has 0 radical (unpaired) electrons. The molecular formula is C13H20N2O3S. The molecule has 3 aliphatic rings. The zero-order valence-electron chi connectivity index (χ0n) is 11.0. The number of amides is 2. The Morgan fingerprint density at radius 2 is 2.21 bits per heavy atom. The van der Waals surface area contributed by atoms with Crippen LogP contribution >= 0.6 is 11.8 Å². The van der Waals surface area contributed by atoms with Crippen LogP contribution < -0.4 is 0 Å². The average molecular weight is 284 g/mol. The van der Waals surface area contributed by atoms with Crippen LogP contribution in [0.1, 0.15) is 19.3 Å². The Balaban J connectivity index is 1.48. The third-order valence-corrected chi connectivity index (χ3v) is 5.50. The number of hydrogen-bond donors (Lipinski definition) is 1. The molecule has 2 heterocycles. The molecule has 0 aromatic heterocycles. The molecule has 3 atom stereocenters. The molecule has 0 spiro atoms. The second-order valence-electron chi connectivity index (χ2n) is 5.72. The SMILES string of the molecule is O=C(CCN1CCSC1=O)N1CC2CCC(O)C2C1. The molecule has 0 bridgehead atoms. The van der Waals surface area contributed by atoms with E-state index < -0.39 is 0 Å². The van der Waals surface area contributed by atoms with E-state index in [1.807, 2.05) is 4.90 Å². The fourth-order valence-electron chi connectivity index (χ4n) is 3.46. The number of hydrogen-bond acceptors (Lipinski definition) is 4. The zero-order chi connectivity index (χ0) is 13.4. The molecule has 0 aromatic rings. The Labute approximate surface area is 117 Å². The van der Waals surface area contributed by atoms with Crippen LogP contribution in [0.5, 0.6) is 0 Å². The Morgan fingerprint density at radius 1 is 1.37 bits per heavy atom. The van der Waals surface area contributed by atoms with Gasteiger partial charge in [0, 0.05) is 44.3 Å². The molecule has 6 heteroatoms. The van der Waals surface area contributed by atoms with Gasteiger partial charge in [-0.05, 0) is 18.8 Å². The van der Waals surface area contributed by atoms with Crippen molar-refractivity contribution < 1.29 is 14.7 Å². The van der Waals surface area contributed by atoms with Crippen molar-refractivity contribution in [2.75, 3.05) is 31.9 Å². The van der Waals surface area contributed by atoms with Crippen molar-refractivity contribution in [3.63, 3.8) is 0 Å². The molecule has 3 fully saturated rings. The lowest BCUT2D eigenvalue weighted by molar-refractivity contribution is -0.130. The van der Waals surface area contributed by atoms with Gasteiger partial charge in [-0.1, -0.05) is 11.8 Å². The highest BCUT2D eigenvalue weighted by atomic mass is 32.2. The summed E-state index contributed by atoms with van der Waals surface area (Å²) in [5, 5.41) is 9.94. The highest BCUT2D eigenvalue weighted by Gasteiger charge is 2.43. The topological polar surface area (TPSA) is 60.9 Å². The maximum absolute atomic E-state index is 12.1. The van der Waals surface area contributed by atoms with E-state index >= 15 is 0 Å². The standard InChI is InChI=1S/C13H20N2O3S/c16-11-2-1-9-7-15(8-10(9)11)12(17)3-4-14-5-6-19-13(14)18/h9-11,16H,1-8H2. The van der Waals surface area contributed by atoms with Gasteiger partial charge in [-0.15, -0.1) is 0 Å². The quantitative estimate of drug-likeness (QED) is 0.832. The summed E-state index contributed by atoms with van der Waals surface area (Å²) in [4.78, 5) is 27.2. The van der Waals surface area contributed by atoms with Crippen LogP contribution in [0.15, 0.2) is 0 Å². The molecule has 2 saturated heterocycles.